The highest BCUT2D eigenvalue weighted by molar-refractivity contribution is 7.83. The van der Waals surface area contributed by atoms with E-state index in [1.807, 2.05) is 19.9 Å². The molecule has 0 aliphatic heterocycles. The van der Waals surface area contributed by atoms with Crippen molar-refractivity contribution in [1.82, 2.24) is 0 Å². The third-order valence-electron chi connectivity index (χ3n) is 2.13. The number of benzene rings is 1. The molecule has 0 fully saturated rings. The summed E-state index contributed by atoms with van der Waals surface area (Å²) in [4.78, 5) is 1.93. The first-order chi connectivity index (χ1) is 8.24. The van der Waals surface area contributed by atoms with Gasteiger partial charge in [0.05, 0.1) is 0 Å². The van der Waals surface area contributed by atoms with Crippen molar-refractivity contribution in [1.29, 1.82) is 0 Å². The zero-order chi connectivity index (χ0) is 12.7. The largest absolute Gasteiger partial charge is 0.212 e. The van der Waals surface area contributed by atoms with Crippen molar-refractivity contribution in [3.05, 3.63) is 53.0 Å². The Morgan fingerprint density at radius 1 is 1.06 bits per heavy atom. The highest BCUT2D eigenvalue weighted by atomic mass is 32.2. The fraction of sp³-hybridized carbons (Fsp3) is 0.286. The molecule has 0 unspecified atom stereocenters. The molecule has 17 heavy (non-hydrogen) atoms. The average molecular weight is 255 g/mol. The molecule has 0 saturated heterocycles. The SMILES string of the molecule is CC.FC1=CC([SH+]c2ccc(F)cc2)=CCC1. The molecule has 1 aliphatic rings. The molecule has 0 radical (unpaired) electrons. The Balaban J connectivity index is 0.000000686. The third kappa shape index (κ3) is 4.73. The van der Waals surface area contributed by atoms with Crippen LogP contribution in [-0.4, -0.2) is 0 Å². The molecule has 0 saturated carbocycles. The van der Waals surface area contributed by atoms with E-state index < -0.39 is 0 Å². The monoisotopic (exact) mass is 255 g/mol. The van der Waals surface area contributed by atoms with Gasteiger partial charge >= 0.3 is 0 Å². The maximum Gasteiger partial charge on any atom is 0.158 e. The van der Waals surface area contributed by atoms with Crippen molar-refractivity contribution in [3.63, 3.8) is 0 Å². The molecule has 0 aromatic heterocycles. The average Bonchev–Trinajstić information content (AvgIpc) is 2.35. The fourth-order valence-electron chi connectivity index (χ4n) is 1.39. The van der Waals surface area contributed by atoms with Gasteiger partial charge in [-0.25, -0.2) is 8.78 Å². The van der Waals surface area contributed by atoms with Crippen LogP contribution in [0.25, 0.3) is 0 Å². The van der Waals surface area contributed by atoms with Crippen molar-refractivity contribution >= 4 is 11.8 Å². The highest BCUT2D eigenvalue weighted by Gasteiger charge is 2.13. The minimum absolute atomic E-state index is 0.0675. The first kappa shape index (κ1) is 14.0. The Hall–Kier alpha value is -1.09. The van der Waals surface area contributed by atoms with Crippen molar-refractivity contribution in [3.8, 4) is 0 Å². The summed E-state index contributed by atoms with van der Waals surface area (Å²) in [5.41, 5.74) is 0. The summed E-state index contributed by atoms with van der Waals surface area (Å²) in [7, 11) is 0. The summed E-state index contributed by atoms with van der Waals surface area (Å²) in [6, 6.07) is 6.29. The highest BCUT2D eigenvalue weighted by Crippen LogP contribution is 2.21. The summed E-state index contributed by atoms with van der Waals surface area (Å²) >= 11 is 0.935. The summed E-state index contributed by atoms with van der Waals surface area (Å²) in [6.45, 7) is 4.00. The van der Waals surface area contributed by atoms with Crippen LogP contribution in [0.15, 0.2) is 52.0 Å². The van der Waals surface area contributed by atoms with Crippen LogP contribution in [0.2, 0.25) is 0 Å². The molecule has 1 aliphatic carbocycles. The molecule has 1 aromatic carbocycles. The molecule has 2 rings (SSSR count). The summed E-state index contributed by atoms with van der Waals surface area (Å²) in [5, 5.41) is 0. The van der Waals surface area contributed by atoms with E-state index in [2.05, 4.69) is 0 Å². The third-order valence-corrected chi connectivity index (χ3v) is 3.25. The zero-order valence-corrected chi connectivity index (χ0v) is 11.0. The lowest BCUT2D eigenvalue weighted by atomic mass is 10.2. The van der Waals surface area contributed by atoms with Crippen LogP contribution >= 0.6 is 0 Å². The van der Waals surface area contributed by atoms with E-state index in [0.29, 0.717) is 6.42 Å². The Labute approximate surface area is 105 Å². The van der Waals surface area contributed by atoms with E-state index in [-0.39, 0.29) is 11.6 Å². The van der Waals surface area contributed by atoms with Crippen LogP contribution in [0, 0.1) is 5.82 Å². The number of hydrogen-bond acceptors (Lipinski definition) is 0. The van der Waals surface area contributed by atoms with Crippen molar-refractivity contribution in [2.24, 2.45) is 0 Å². The molecule has 0 N–H and O–H groups in total. The smallest absolute Gasteiger partial charge is 0.158 e. The first-order valence-corrected chi connectivity index (χ1v) is 6.67. The number of halogens is 2. The van der Waals surface area contributed by atoms with Crippen molar-refractivity contribution in [2.75, 3.05) is 0 Å². The molecule has 0 heterocycles. The number of allylic oxidation sites excluding steroid dienone is 3. The lowest BCUT2D eigenvalue weighted by molar-refractivity contribution is 0.587. The minimum atomic E-state index is -0.242. The normalized spacial score (nSPS) is 14.4. The Morgan fingerprint density at radius 3 is 2.29 bits per heavy atom. The van der Waals surface area contributed by atoms with E-state index in [0.717, 1.165) is 28.0 Å². The second-order valence-corrected chi connectivity index (χ2v) is 4.60. The predicted octanol–water partition coefficient (Wildman–Crippen LogP) is 4.56. The predicted molar refractivity (Wildman–Crippen MR) is 71.3 cm³/mol. The minimum Gasteiger partial charge on any atom is -0.212 e. The summed E-state index contributed by atoms with van der Waals surface area (Å²) in [6.07, 6.45) is 4.84. The second kappa shape index (κ2) is 7.28. The van der Waals surface area contributed by atoms with Gasteiger partial charge in [0.25, 0.3) is 0 Å². The fourth-order valence-corrected chi connectivity index (χ4v) is 2.41. The standard InChI is InChI=1S/C12H10F2S.C2H6/c13-9-4-6-11(7-5-9)15-12-3-1-2-10(14)8-12;1-2/h3-8H,1-2H2;1-2H3/p+1. The van der Waals surface area contributed by atoms with Gasteiger partial charge in [-0.15, -0.1) is 0 Å². The maximum absolute atomic E-state index is 13.0. The topological polar surface area (TPSA) is 0 Å². The Morgan fingerprint density at radius 2 is 1.71 bits per heavy atom. The van der Waals surface area contributed by atoms with Crippen molar-refractivity contribution in [2.45, 2.75) is 31.6 Å². The Kier molecular flexibility index (Phi) is 5.98. The number of rotatable bonds is 2. The number of thiol groups is 1. The van der Waals surface area contributed by atoms with Gasteiger partial charge in [0.2, 0.25) is 0 Å². The van der Waals surface area contributed by atoms with E-state index in [1.165, 1.54) is 12.1 Å². The van der Waals surface area contributed by atoms with Crippen LogP contribution in [0.4, 0.5) is 8.78 Å². The van der Waals surface area contributed by atoms with Crippen LogP contribution < -0.4 is 0 Å². The van der Waals surface area contributed by atoms with E-state index in [9.17, 15) is 8.78 Å². The molecular weight excluding hydrogens is 238 g/mol. The lowest BCUT2D eigenvalue weighted by Crippen LogP contribution is -1.92. The lowest BCUT2D eigenvalue weighted by Gasteiger charge is -2.01. The second-order valence-electron chi connectivity index (χ2n) is 3.35. The van der Waals surface area contributed by atoms with Crippen molar-refractivity contribution < 1.29 is 8.78 Å². The molecule has 0 nitrogen and oxygen atoms in total. The van der Waals surface area contributed by atoms with Gasteiger partial charge in [-0.2, -0.15) is 0 Å². The quantitative estimate of drug-likeness (QED) is 0.537. The van der Waals surface area contributed by atoms with Crippen LogP contribution in [0.3, 0.4) is 0 Å². The zero-order valence-electron chi connectivity index (χ0n) is 10.1. The molecule has 92 valence electrons. The van der Waals surface area contributed by atoms with E-state index in [4.69, 9.17) is 0 Å². The van der Waals surface area contributed by atoms with Gasteiger partial charge < -0.3 is 0 Å². The summed E-state index contributed by atoms with van der Waals surface area (Å²) < 4.78 is 25.6. The molecule has 0 spiro atoms. The van der Waals surface area contributed by atoms with Gasteiger partial charge in [-0.05, 0) is 36.8 Å². The molecule has 1 aromatic rings. The maximum atomic E-state index is 13.0. The molecule has 3 heteroatoms. The molecule has 0 atom stereocenters. The van der Waals surface area contributed by atoms with Gasteiger partial charge in [-0.1, -0.05) is 13.8 Å². The van der Waals surface area contributed by atoms with Gasteiger partial charge in [0.1, 0.15) is 11.6 Å². The van der Waals surface area contributed by atoms with Gasteiger partial charge in [0, 0.05) is 24.3 Å². The number of hydrogen-bond donors (Lipinski definition) is 0. The van der Waals surface area contributed by atoms with Gasteiger partial charge in [0.15, 0.2) is 9.80 Å². The van der Waals surface area contributed by atoms with E-state index in [1.54, 1.807) is 18.2 Å². The molecular formula is C14H17F2S+. The van der Waals surface area contributed by atoms with E-state index >= 15 is 0 Å². The molecule has 0 bridgehead atoms. The Bertz CT molecular complexity index is 405. The first-order valence-electron chi connectivity index (χ1n) is 5.77. The molecule has 0 amide bonds. The van der Waals surface area contributed by atoms with Crippen LogP contribution in [0.5, 0.6) is 0 Å². The van der Waals surface area contributed by atoms with Gasteiger partial charge in [-0.3, -0.25) is 0 Å². The van der Waals surface area contributed by atoms with Crippen LogP contribution in [0.1, 0.15) is 26.7 Å². The summed E-state index contributed by atoms with van der Waals surface area (Å²) in [5.74, 6) is -0.310. The van der Waals surface area contributed by atoms with Crippen LogP contribution in [-0.2, 0) is 11.8 Å².